The van der Waals surface area contributed by atoms with Crippen LogP contribution in [0.2, 0.25) is 0 Å². The van der Waals surface area contributed by atoms with E-state index in [0.29, 0.717) is 0 Å². The van der Waals surface area contributed by atoms with Crippen LogP contribution in [-0.4, -0.2) is 5.25 Å². The van der Waals surface area contributed by atoms with Gasteiger partial charge >= 0.3 is 0 Å². The number of benzene rings is 1. The third-order valence-corrected chi connectivity index (χ3v) is 2.06. The minimum atomic E-state index is -0.185. The highest BCUT2D eigenvalue weighted by atomic mass is 32.2. The van der Waals surface area contributed by atoms with Crippen LogP contribution in [0.5, 0.6) is 0 Å². The van der Waals surface area contributed by atoms with Gasteiger partial charge in [-0.3, -0.25) is 0 Å². The zero-order chi connectivity index (χ0) is 8.27. The number of thioether (sulfide) groups is 1. The molecule has 0 aliphatic carbocycles. The lowest BCUT2D eigenvalue weighted by atomic mass is 10.4. The lowest BCUT2D eigenvalue weighted by molar-refractivity contribution is 0.624. The molecule has 0 aliphatic heterocycles. The smallest absolute Gasteiger partial charge is 0.124 e. The van der Waals surface area contributed by atoms with Crippen molar-refractivity contribution in [2.75, 3.05) is 0 Å². The van der Waals surface area contributed by atoms with Crippen molar-refractivity contribution in [2.45, 2.75) is 17.1 Å². The molecule has 1 aromatic rings. The highest BCUT2D eigenvalue weighted by Gasteiger charge is 1.98. The SMILES string of the molecule is [CH2][C@H](C)Sc1cccc(F)c1. The molecule has 0 heterocycles. The van der Waals surface area contributed by atoms with E-state index < -0.39 is 0 Å². The first-order valence-electron chi connectivity index (χ1n) is 3.44. The van der Waals surface area contributed by atoms with Crippen LogP contribution < -0.4 is 0 Å². The van der Waals surface area contributed by atoms with Gasteiger partial charge in [0.25, 0.3) is 0 Å². The Balaban J connectivity index is 2.71. The Kier molecular flexibility index (Phi) is 2.94. The molecule has 0 aromatic heterocycles. The van der Waals surface area contributed by atoms with Gasteiger partial charge < -0.3 is 0 Å². The summed E-state index contributed by atoms with van der Waals surface area (Å²) in [5.74, 6) is -0.185. The van der Waals surface area contributed by atoms with Gasteiger partial charge in [-0.1, -0.05) is 13.0 Å². The molecular formula is C9H10FS. The first-order valence-corrected chi connectivity index (χ1v) is 4.32. The normalized spacial score (nSPS) is 10.5. The Morgan fingerprint density at radius 3 is 2.82 bits per heavy atom. The van der Waals surface area contributed by atoms with Crippen LogP contribution in [-0.2, 0) is 0 Å². The molecule has 0 fully saturated rings. The Labute approximate surface area is 70.8 Å². The Morgan fingerprint density at radius 2 is 2.27 bits per heavy atom. The van der Waals surface area contributed by atoms with Crippen molar-refractivity contribution in [3.63, 3.8) is 0 Å². The van der Waals surface area contributed by atoms with Crippen molar-refractivity contribution < 1.29 is 4.39 Å². The summed E-state index contributed by atoms with van der Waals surface area (Å²) in [6.07, 6.45) is 0. The standard InChI is InChI=1S/C9H10FS/c1-7(2)11-9-5-3-4-8(10)6-9/h3-7H,1H2,2H3/t7-/m1/s1. The maximum atomic E-state index is 12.6. The van der Waals surface area contributed by atoms with E-state index in [9.17, 15) is 4.39 Å². The molecule has 1 aromatic carbocycles. The van der Waals surface area contributed by atoms with Crippen molar-refractivity contribution in [1.29, 1.82) is 0 Å². The summed E-state index contributed by atoms with van der Waals surface area (Å²) in [6, 6.07) is 6.56. The molecular weight excluding hydrogens is 159 g/mol. The van der Waals surface area contributed by atoms with Crippen LogP contribution in [0.4, 0.5) is 4.39 Å². The average molecular weight is 169 g/mol. The Bertz CT molecular complexity index is 233. The molecule has 0 saturated heterocycles. The van der Waals surface area contributed by atoms with Gasteiger partial charge in [0, 0.05) is 10.1 Å². The second-order valence-corrected chi connectivity index (χ2v) is 3.90. The second-order valence-electron chi connectivity index (χ2n) is 2.39. The average Bonchev–Trinajstić information content (AvgIpc) is 1.85. The van der Waals surface area contributed by atoms with Crippen LogP contribution in [0.3, 0.4) is 0 Å². The number of halogens is 1. The zero-order valence-corrected chi connectivity index (χ0v) is 7.20. The third-order valence-electron chi connectivity index (χ3n) is 1.13. The maximum Gasteiger partial charge on any atom is 0.124 e. The van der Waals surface area contributed by atoms with Gasteiger partial charge in [-0.15, -0.1) is 11.8 Å². The summed E-state index contributed by atoms with van der Waals surface area (Å²) in [5.41, 5.74) is 0. The second kappa shape index (κ2) is 3.77. The predicted octanol–water partition coefficient (Wildman–Crippen LogP) is 3.14. The van der Waals surface area contributed by atoms with Gasteiger partial charge in [-0.2, -0.15) is 0 Å². The summed E-state index contributed by atoms with van der Waals surface area (Å²) in [6.45, 7) is 5.79. The molecule has 2 heteroatoms. The summed E-state index contributed by atoms with van der Waals surface area (Å²) < 4.78 is 12.6. The van der Waals surface area contributed by atoms with E-state index in [4.69, 9.17) is 0 Å². The first kappa shape index (κ1) is 8.60. The summed E-state index contributed by atoms with van der Waals surface area (Å²) in [5, 5.41) is 0.261. The van der Waals surface area contributed by atoms with Gasteiger partial charge in [0.2, 0.25) is 0 Å². The zero-order valence-electron chi connectivity index (χ0n) is 6.38. The third kappa shape index (κ3) is 2.93. The van der Waals surface area contributed by atoms with E-state index in [1.807, 2.05) is 13.0 Å². The topological polar surface area (TPSA) is 0 Å². The van der Waals surface area contributed by atoms with E-state index >= 15 is 0 Å². The highest BCUT2D eigenvalue weighted by Crippen LogP contribution is 2.22. The fourth-order valence-corrected chi connectivity index (χ4v) is 1.57. The van der Waals surface area contributed by atoms with Crippen molar-refractivity contribution in [3.8, 4) is 0 Å². The van der Waals surface area contributed by atoms with Crippen molar-refractivity contribution in [2.24, 2.45) is 0 Å². The quantitative estimate of drug-likeness (QED) is 0.613. The Hall–Kier alpha value is -0.500. The fraction of sp³-hybridized carbons (Fsp3) is 0.222. The molecule has 0 nitrogen and oxygen atoms in total. The van der Waals surface area contributed by atoms with E-state index in [-0.39, 0.29) is 11.1 Å². The molecule has 0 aliphatic rings. The molecule has 0 saturated carbocycles. The molecule has 0 bridgehead atoms. The predicted molar refractivity (Wildman–Crippen MR) is 47.1 cm³/mol. The summed E-state index contributed by atoms with van der Waals surface area (Å²) in [4.78, 5) is 0.938. The van der Waals surface area contributed by atoms with Crippen LogP contribution in [0.1, 0.15) is 6.92 Å². The molecule has 11 heavy (non-hydrogen) atoms. The van der Waals surface area contributed by atoms with Crippen molar-refractivity contribution in [3.05, 3.63) is 37.0 Å². The van der Waals surface area contributed by atoms with Crippen LogP contribution >= 0.6 is 11.8 Å². The number of hydrogen-bond acceptors (Lipinski definition) is 1. The molecule has 1 atom stereocenters. The Morgan fingerprint density at radius 1 is 1.55 bits per heavy atom. The lowest BCUT2D eigenvalue weighted by Gasteiger charge is -2.03. The van der Waals surface area contributed by atoms with E-state index in [0.717, 1.165) is 4.90 Å². The van der Waals surface area contributed by atoms with Gasteiger partial charge in [0.1, 0.15) is 5.82 Å². The van der Waals surface area contributed by atoms with Gasteiger partial charge in [0.15, 0.2) is 0 Å². The number of hydrogen-bond donors (Lipinski definition) is 0. The summed E-state index contributed by atoms with van der Waals surface area (Å²) in [7, 11) is 0. The van der Waals surface area contributed by atoms with Gasteiger partial charge in [-0.25, -0.2) is 4.39 Å². The van der Waals surface area contributed by atoms with Gasteiger partial charge in [0.05, 0.1) is 0 Å². The van der Waals surface area contributed by atoms with E-state index in [1.165, 1.54) is 12.1 Å². The van der Waals surface area contributed by atoms with Gasteiger partial charge in [-0.05, 0) is 25.1 Å². The van der Waals surface area contributed by atoms with E-state index in [2.05, 4.69) is 6.92 Å². The fourth-order valence-electron chi connectivity index (χ4n) is 0.773. The van der Waals surface area contributed by atoms with Crippen LogP contribution in [0.25, 0.3) is 0 Å². The van der Waals surface area contributed by atoms with E-state index in [1.54, 1.807) is 17.8 Å². The molecule has 0 amide bonds. The molecule has 0 spiro atoms. The first-order chi connectivity index (χ1) is 5.18. The monoisotopic (exact) mass is 169 g/mol. The number of rotatable bonds is 2. The molecule has 0 N–H and O–H groups in total. The minimum Gasteiger partial charge on any atom is -0.207 e. The van der Waals surface area contributed by atoms with Crippen LogP contribution in [0, 0.1) is 12.7 Å². The van der Waals surface area contributed by atoms with Crippen molar-refractivity contribution in [1.82, 2.24) is 0 Å². The molecule has 0 unspecified atom stereocenters. The largest absolute Gasteiger partial charge is 0.207 e. The molecule has 1 radical (unpaired) electrons. The lowest BCUT2D eigenvalue weighted by Crippen LogP contribution is -1.86. The van der Waals surface area contributed by atoms with Crippen molar-refractivity contribution >= 4 is 11.8 Å². The maximum absolute atomic E-state index is 12.6. The summed E-state index contributed by atoms with van der Waals surface area (Å²) >= 11 is 1.56. The molecule has 59 valence electrons. The minimum absolute atomic E-state index is 0.185. The van der Waals surface area contributed by atoms with Crippen LogP contribution in [0.15, 0.2) is 29.2 Å². The molecule has 1 rings (SSSR count). The highest BCUT2D eigenvalue weighted by molar-refractivity contribution is 8.00.